The van der Waals surface area contributed by atoms with Crippen LogP contribution in [-0.4, -0.2) is 82.7 Å². The van der Waals surface area contributed by atoms with Gasteiger partial charge in [-0.15, -0.1) is 0 Å². The predicted octanol–water partition coefficient (Wildman–Crippen LogP) is 6.73. The number of fused-ring (bicyclic) bond motifs is 1. The van der Waals surface area contributed by atoms with E-state index in [1.165, 1.54) is 31.4 Å². The summed E-state index contributed by atoms with van der Waals surface area (Å²) in [6.45, 7) is 9.97. The molecule has 2 amide bonds. The van der Waals surface area contributed by atoms with Gasteiger partial charge in [0.25, 0.3) is 5.91 Å². The van der Waals surface area contributed by atoms with Gasteiger partial charge in [0.05, 0.1) is 16.8 Å². The zero-order valence-electron chi connectivity index (χ0n) is 26.8. The minimum Gasteiger partial charge on any atom is -0.444 e. The fourth-order valence-electron chi connectivity index (χ4n) is 6.01. The number of carbonyl (C=O) groups is 2. The van der Waals surface area contributed by atoms with E-state index in [2.05, 4.69) is 25.5 Å². The Morgan fingerprint density at radius 3 is 2.43 bits per heavy atom. The van der Waals surface area contributed by atoms with Crippen LogP contribution in [0.15, 0.2) is 42.7 Å². The quantitative estimate of drug-likeness (QED) is 0.263. The highest BCUT2D eigenvalue weighted by Crippen LogP contribution is 2.39. The van der Waals surface area contributed by atoms with Gasteiger partial charge >= 0.3 is 12.3 Å². The lowest BCUT2D eigenvalue weighted by Gasteiger charge is -2.33. The smallest absolute Gasteiger partial charge is 0.417 e. The second-order valence-corrected chi connectivity index (χ2v) is 13.1. The van der Waals surface area contributed by atoms with E-state index in [1.807, 2.05) is 0 Å². The van der Waals surface area contributed by atoms with Crippen molar-refractivity contribution in [3.8, 4) is 11.3 Å². The molecule has 2 fully saturated rings. The second kappa shape index (κ2) is 14.2. The molecule has 0 radical (unpaired) electrons. The van der Waals surface area contributed by atoms with Gasteiger partial charge in [-0.25, -0.2) is 9.78 Å². The van der Waals surface area contributed by atoms with Crippen molar-refractivity contribution in [1.82, 2.24) is 25.1 Å². The number of alkyl halides is 3. The van der Waals surface area contributed by atoms with Crippen molar-refractivity contribution in [2.24, 2.45) is 0 Å². The standard InChI is InChI=1S/C34H43F3N6O3/c1-33(2,3)46-32(45)43-18-11-24(12-19-43)40-31(44)23-8-9-25(27(20-23)34(35,36)37)30-21-29(26-22-38-14-10-28(26)41-30)39-13-7-17-42-15-5-4-6-16-42/h8-10,14,20-22,24H,4-7,11-13,15-19H2,1-3H3,(H,39,41)(H,40,44). The molecule has 5 rings (SSSR count). The normalized spacial score (nSPS) is 16.8. The van der Waals surface area contributed by atoms with Crippen LogP contribution in [0.1, 0.15) is 75.2 Å². The summed E-state index contributed by atoms with van der Waals surface area (Å²) in [5.74, 6) is -0.596. The van der Waals surface area contributed by atoms with Crippen LogP contribution in [0.3, 0.4) is 0 Å². The van der Waals surface area contributed by atoms with Gasteiger partial charge in [-0.2, -0.15) is 13.2 Å². The number of rotatable bonds is 8. The summed E-state index contributed by atoms with van der Waals surface area (Å²) >= 11 is 0. The molecule has 2 saturated heterocycles. The van der Waals surface area contributed by atoms with Crippen molar-refractivity contribution in [2.45, 2.75) is 77.1 Å². The molecule has 4 heterocycles. The molecular weight excluding hydrogens is 597 g/mol. The van der Waals surface area contributed by atoms with Crippen LogP contribution in [0.2, 0.25) is 0 Å². The molecule has 2 N–H and O–H groups in total. The summed E-state index contributed by atoms with van der Waals surface area (Å²) in [4.78, 5) is 38.3. The van der Waals surface area contributed by atoms with Crippen LogP contribution in [0, 0.1) is 0 Å². The van der Waals surface area contributed by atoms with E-state index in [-0.39, 0.29) is 22.9 Å². The molecule has 0 aliphatic carbocycles. The number of nitrogens with one attached hydrogen (secondary N) is 2. The number of amides is 2. The molecule has 3 aromatic rings. The summed E-state index contributed by atoms with van der Waals surface area (Å²) in [5, 5.41) is 6.98. The van der Waals surface area contributed by atoms with Gasteiger partial charge in [0.1, 0.15) is 5.60 Å². The zero-order valence-corrected chi connectivity index (χ0v) is 26.8. The summed E-state index contributed by atoms with van der Waals surface area (Å²) in [6, 6.07) is 6.65. The Balaban J connectivity index is 1.31. The molecule has 2 aromatic heterocycles. The van der Waals surface area contributed by atoms with Crippen LogP contribution < -0.4 is 10.6 Å². The van der Waals surface area contributed by atoms with Gasteiger partial charge < -0.3 is 25.2 Å². The molecule has 46 heavy (non-hydrogen) atoms. The number of ether oxygens (including phenoxy) is 1. The maximum absolute atomic E-state index is 14.5. The van der Waals surface area contributed by atoms with E-state index in [9.17, 15) is 22.8 Å². The number of halogens is 3. The topological polar surface area (TPSA) is 99.7 Å². The lowest BCUT2D eigenvalue weighted by atomic mass is 9.98. The number of benzene rings is 1. The van der Waals surface area contributed by atoms with Gasteiger partial charge in [0, 0.05) is 60.3 Å². The van der Waals surface area contributed by atoms with E-state index >= 15 is 0 Å². The first-order chi connectivity index (χ1) is 21.9. The molecule has 0 atom stereocenters. The Kier molecular flexibility index (Phi) is 10.3. The maximum Gasteiger partial charge on any atom is 0.417 e. The molecule has 2 aliphatic heterocycles. The van der Waals surface area contributed by atoms with Crippen molar-refractivity contribution in [3.05, 3.63) is 53.9 Å². The molecule has 0 spiro atoms. The van der Waals surface area contributed by atoms with Crippen LogP contribution in [0.25, 0.3) is 22.2 Å². The third-order valence-electron chi connectivity index (χ3n) is 8.37. The molecule has 2 aliphatic rings. The first kappa shape index (κ1) is 33.4. The van der Waals surface area contributed by atoms with E-state index in [0.29, 0.717) is 43.7 Å². The van der Waals surface area contributed by atoms with Gasteiger partial charge in [-0.1, -0.05) is 12.5 Å². The minimum atomic E-state index is -4.72. The highest BCUT2D eigenvalue weighted by Gasteiger charge is 2.35. The third kappa shape index (κ3) is 8.65. The first-order valence-electron chi connectivity index (χ1n) is 16.1. The summed E-state index contributed by atoms with van der Waals surface area (Å²) < 4.78 is 48.8. The highest BCUT2D eigenvalue weighted by molar-refractivity contribution is 5.96. The van der Waals surface area contributed by atoms with Crippen LogP contribution in [0.4, 0.5) is 23.7 Å². The van der Waals surface area contributed by atoms with Crippen molar-refractivity contribution in [1.29, 1.82) is 0 Å². The molecule has 1 aromatic carbocycles. The molecule has 248 valence electrons. The van der Waals surface area contributed by atoms with Crippen molar-refractivity contribution < 1.29 is 27.5 Å². The molecule has 0 saturated carbocycles. The number of hydrogen-bond donors (Lipinski definition) is 2. The number of piperidine rings is 2. The van der Waals surface area contributed by atoms with Crippen LogP contribution in [0.5, 0.6) is 0 Å². The number of carbonyl (C=O) groups excluding carboxylic acids is 2. The summed E-state index contributed by atoms with van der Waals surface area (Å²) in [5.41, 5.74) is -0.396. The van der Waals surface area contributed by atoms with Crippen molar-refractivity contribution in [2.75, 3.05) is 44.6 Å². The SMILES string of the molecule is CC(C)(C)OC(=O)N1CCC(NC(=O)c2ccc(-c3cc(NCCCN4CCCCC4)c4cnccc4n3)c(C(F)(F)F)c2)CC1. The van der Waals surface area contributed by atoms with Crippen molar-refractivity contribution in [3.63, 3.8) is 0 Å². The minimum absolute atomic E-state index is 0.0910. The summed E-state index contributed by atoms with van der Waals surface area (Å²) in [7, 11) is 0. The molecule has 12 heteroatoms. The number of nitrogens with zero attached hydrogens (tertiary/aromatic N) is 4. The average molecular weight is 641 g/mol. The zero-order chi connectivity index (χ0) is 32.9. The molecule has 9 nitrogen and oxygen atoms in total. The average Bonchev–Trinajstić information content (AvgIpc) is 3.02. The van der Waals surface area contributed by atoms with Crippen molar-refractivity contribution >= 4 is 28.6 Å². The van der Waals surface area contributed by atoms with Gasteiger partial charge in [0.2, 0.25) is 0 Å². The van der Waals surface area contributed by atoms with Crippen LogP contribution in [-0.2, 0) is 10.9 Å². The Labute approximate surface area is 267 Å². The predicted molar refractivity (Wildman–Crippen MR) is 172 cm³/mol. The Morgan fingerprint density at radius 2 is 1.74 bits per heavy atom. The lowest BCUT2D eigenvalue weighted by Crippen LogP contribution is -2.47. The highest BCUT2D eigenvalue weighted by atomic mass is 19.4. The van der Waals surface area contributed by atoms with E-state index in [0.717, 1.165) is 37.5 Å². The Hall–Kier alpha value is -3.93. The number of aromatic nitrogens is 2. The van der Waals surface area contributed by atoms with E-state index < -0.39 is 29.3 Å². The Morgan fingerprint density at radius 1 is 1.00 bits per heavy atom. The number of pyridine rings is 2. The fourth-order valence-corrected chi connectivity index (χ4v) is 6.01. The summed E-state index contributed by atoms with van der Waals surface area (Å²) in [6.07, 6.45) is 3.64. The molecule has 0 unspecified atom stereocenters. The fraction of sp³-hybridized carbons (Fsp3) is 0.529. The largest absolute Gasteiger partial charge is 0.444 e. The van der Waals surface area contributed by atoms with E-state index in [1.54, 1.807) is 50.2 Å². The number of likely N-dealkylation sites (tertiary alicyclic amines) is 2. The maximum atomic E-state index is 14.5. The monoisotopic (exact) mass is 640 g/mol. The number of hydrogen-bond acceptors (Lipinski definition) is 7. The second-order valence-electron chi connectivity index (χ2n) is 13.1. The van der Waals surface area contributed by atoms with E-state index in [4.69, 9.17) is 4.74 Å². The third-order valence-corrected chi connectivity index (χ3v) is 8.37. The molecule has 0 bridgehead atoms. The van der Waals surface area contributed by atoms with Gasteiger partial charge in [-0.05, 0) is 96.8 Å². The van der Waals surface area contributed by atoms with Gasteiger partial charge in [0.15, 0.2) is 0 Å². The lowest BCUT2D eigenvalue weighted by molar-refractivity contribution is -0.137. The van der Waals surface area contributed by atoms with Gasteiger partial charge in [-0.3, -0.25) is 9.78 Å². The first-order valence-corrected chi connectivity index (χ1v) is 16.1. The molecular formula is C34H43F3N6O3. The van der Waals surface area contributed by atoms with Crippen LogP contribution >= 0.6 is 0 Å². The number of anilines is 1. The Bertz CT molecular complexity index is 1530.